The molecule has 0 amide bonds. The van der Waals surface area contributed by atoms with Crippen molar-refractivity contribution in [3.8, 4) is 0 Å². The molecule has 1 heterocycles. The first kappa shape index (κ1) is 11.2. The van der Waals surface area contributed by atoms with Gasteiger partial charge in [0, 0.05) is 25.2 Å². The zero-order chi connectivity index (χ0) is 11.7. The van der Waals surface area contributed by atoms with Crippen LogP contribution in [0.15, 0.2) is 24.3 Å². The van der Waals surface area contributed by atoms with Crippen molar-refractivity contribution < 1.29 is 4.39 Å². The molecule has 2 aliphatic rings. The fraction of sp³-hybridized carbons (Fsp3) is 0.571. The predicted molar refractivity (Wildman–Crippen MR) is 66.2 cm³/mol. The Kier molecular flexibility index (Phi) is 3.12. The van der Waals surface area contributed by atoms with Gasteiger partial charge in [-0.1, -0.05) is 12.1 Å². The molecule has 1 atom stereocenters. The molecule has 1 saturated heterocycles. The molecule has 0 spiro atoms. The van der Waals surface area contributed by atoms with Gasteiger partial charge in [-0.05, 0) is 43.5 Å². The molecule has 3 rings (SSSR count). The summed E-state index contributed by atoms with van der Waals surface area (Å²) in [6.45, 7) is 3.11. The molecular formula is C14H19FN2. The summed E-state index contributed by atoms with van der Waals surface area (Å²) in [5.74, 6) is -0.122. The molecule has 1 aromatic carbocycles. The minimum Gasteiger partial charge on any atom is -0.315 e. The molecule has 0 bridgehead atoms. The Balaban J connectivity index is 1.71. The second kappa shape index (κ2) is 4.75. The topological polar surface area (TPSA) is 15.3 Å². The lowest BCUT2D eigenvalue weighted by Gasteiger charge is -2.28. The number of hydrogen-bond acceptors (Lipinski definition) is 2. The molecular weight excluding hydrogens is 215 g/mol. The van der Waals surface area contributed by atoms with E-state index in [0.29, 0.717) is 6.04 Å². The van der Waals surface area contributed by atoms with Crippen LogP contribution in [0.4, 0.5) is 4.39 Å². The van der Waals surface area contributed by atoms with Crippen LogP contribution >= 0.6 is 0 Å². The van der Waals surface area contributed by atoms with E-state index in [2.05, 4.69) is 10.2 Å². The maximum absolute atomic E-state index is 13.2. The first-order chi connectivity index (χ1) is 8.33. The van der Waals surface area contributed by atoms with Gasteiger partial charge in [-0.15, -0.1) is 0 Å². The van der Waals surface area contributed by atoms with Crippen LogP contribution in [0.5, 0.6) is 0 Å². The van der Waals surface area contributed by atoms with Crippen molar-refractivity contribution in [2.24, 2.45) is 0 Å². The van der Waals surface area contributed by atoms with E-state index in [0.717, 1.165) is 31.2 Å². The largest absolute Gasteiger partial charge is 0.315 e. The fourth-order valence-corrected chi connectivity index (χ4v) is 2.73. The summed E-state index contributed by atoms with van der Waals surface area (Å²) in [5.41, 5.74) is 1.10. The standard InChI is InChI=1S/C14H19FN2/c15-12-3-1-2-11(8-12)10-17(13-4-5-13)14-6-7-16-9-14/h1-3,8,13-14,16H,4-7,9-10H2. The average molecular weight is 234 g/mol. The van der Waals surface area contributed by atoms with Crippen LogP contribution < -0.4 is 5.32 Å². The second-order valence-corrected chi connectivity index (χ2v) is 5.18. The Hall–Kier alpha value is -0.930. The third-order valence-corrected chi connectivity index (χ3v) is 3.77. The normalized spacial score (nSPS) is 24.5. The molecule has 1 N–H and O–H groups in total. The molecule has 1 aromatic rings. The molecule has 92 valence electrons. The van der Waals surface area contributed by atoms with Crippen LogP contribution in [-0.2, 0) is 6.54 Å². The Labute approximate surface area is 102 Å². The van der Waals surface area contributed by atoms with E-state index in [1.807, 2.05) is 12.1 Å². The summed E-state index contributed by atoms with van der Waals surface area (Å²) in [6, 6.07) is 8.40. The van der Waals surface area contributed by atoms with Gasteiger partial charge >= 0.3 is 0 Å². The number of nitrogens with zero attached hydrogens (tertiary/aromatic N) is 1. The first-order valence-corrected chi connectivity index (χ1v) is 6.54. The third kappa shape index (κ3) is 2.67. The van der Waals surface area contributed by atoms with Gasteiger partial charge in [0.15, 0.2) is 0 Å². The summed E-state index contributed by atoms with van der Waals surface area (Å²) in [7, 11) is 0. The van der Waals surface area contributed by atoms with Crippen molar-refractivity contribution in [1.29, 1.82) is 0 Å². The molecule has 0 radical (unpaired) electrons. The lowest BCUT2D eigenvalue weighted by Crippen LogP contribution is -2.38. The van der Waals surface area contributed by atoms with Gasteiger partial charge in [0.05, 0.1) is 0 Å². The summed E-state index contributed by atoms with van der Waals surface area (Å²) in [6.07, 6.45) is 3.85. The molecule has 1 aliphatic heterocycles. The minimum atomic E-state index is -0.122. The maximum atomic E-state index is 13.2. The van der Waals surface area contributed by atoms with Crippen molar-refractivity contribution >= 4 is 0 Å². The van der Waals surface area contributed by atoms with Crippen molar-refractivity contribution in [2.75, 3.05) is 13.1 Å². The van der Waals surface area contributed by atoms with Crippen LogP contribution in [0.25, 0.3) is 0 Å². The van der Waals surface area contributed by atoms with Gasteiger partial charge in [0.25, 0.3) is 0 Å². The third-order valence-electron chi connectivity index (χ3n) is 3.77. The molecule has 2 nitrogen and oxygen atoms in total. The Morgan fingerprint density at radius 3 is 2.76 bits per heavy atom. The Morgan fingerprint density at radius 1 is 1.24 bits per heavy atom. The Bertz CT molecular complexity index is 384. The lowest BCUT2D eigenvalue weighted by atomic mass is 10.1. The van der Waals surface area contributed by atoms with Crippen molar-refractivity contribution in [3.63, 3.8) is 0 Å². The SMILES string of the molecule is Fc1cccc(CN(C2CC2)C2CCNC2)c1. The fourth-order valence-electron chi connectivity index (χ4n) is 2.73. The maximum Gasteiger partial charge on any atom is 0.123 e. The van der Waals surface area contributed by atoms with E-state index in [9.17, 15) is 4.39 Å². The van der Waals surface area contributed by atoms with Crippen LogP contribution in [0.2, 0.25) is 0 Å². The van der Waals surface area contributed by atoms with E-state index < -0.39 is 0 Å². The number of nitrogens with one attached hydrogen (secondary N) is 1. The van der Waals surface area contributed by atoms with Gasteiger partial charge < -0.3 is 5.32 Å². The van der Waals surface area contributed by atoms with E-state index in [1.165, 1.54) is 25.3 Å². The summed E-state index contributed by atoms with van der Waals surface area (Å²) in [5, 5.41) is 3.42. The minimum absolute atomic E-state index is 0.122. The molecule has 3 heteroatoms. The van der Waals surface area contributed by atoms with Crippen LogP contribution in [0.3, 0.4) is 0 Å². The van der Waals surface area contributed by atoms with Gasteiger partial charge in [-0.3, -0.25) is 4.90 Å². The summed E-state index contributed by atoms with van der Waals surface area (Å²) in [4.78, 5) is 2.56. The molecule has 1 unspecified atom stereocenters. The predicted octanol–water partition coefficient (Wildman–Crippen LogP) is 2.15. The number of halogens is 1. The molecule has 2 fully saturated rings. The monoisotopic (exact) mass is 234 g/mol. The van der Waals surface area contributed by atoms with Gasteiger partial charge in [0.2, 0.25) is 0 Å². The first-order valence-electron chi connectivity index (χ1n) is 6.54. The zero-order valence-electron chi connectivity index (χ0n) is 10.0. The van der Waals surface area contributed by atoms with Gasteiger partial charge in [-0.25, -0.2) is 4.39 Å². The molecule has 0 aromatic heterocycles. The van der Waals surface area contributed by atoms with E-state index in [1.54, 1.807) is 6.07 Å². The average Bonchev–Trinajstić information content (AvgIpc) is 3.01. The van der Waals surface area contributed by atoms with Crippen LogP contribution in [0.1, 0.15) is 24.8 Å². The quantitative estimate of drug-likeness (QED) is 0.858. The summed E-state index contributed by atoms with van der Waals surface area (Å²) >= 11 is 0. The molecule has 17 heavy (non-hydrogen) atoms. The highest BCUT2D eigenvalue weighted by molar-refractivity contribution is 5.17. The van der Waals surface area contributed by atoms with E-state index in [-0.39, 0.29) is 5.82 Å². The number of rotatable bonds is 4. The highest BCUT2D eigenvalue weighted by Crippen LogP contribution is 2.31. The Morgan fingerprint density at radius 2 is 2.12 bits per heavy atom. The van der Waals surface area contributed by atoms with Crippen LogP contribution in [-0.4, -0.2) is 30.1 Å². The highest BCUT2D eigenvalue weighted by atomic mass is 19.1. The molecule has 1 saturated carbocycles. The smallest absolute Gasteiger partial charge is 0.123 e. The number of hydrogen-bond donors (Lipinski definition) is 1. The van der Waals surface area contributed by atoms with Gasteiger partial charge in [-0.2, -0.15) is 0 Å². The summed E-state index contributed by atoms with van der Waals surface area (Å²) < 4.78 is 13.2. The van der Waals surface area contributed by atoms with E-state index in [4.69, 9.17) is 0 Å². The van der Waals surface area contributed by atoms with Crippen molar-refractivity contribution in [1.82, 2.24) is 10.2 Å². The van der Waals surface area contributed by atoms with Gasteiger partial charge in [0.1, 0.15) is 5.82 Å². The van der Waals surface area contributed by atoms with Crippen molar-refractivity contribution in [3.05, 3.63) is 35.6 Å². The number of benzene rings is 1. The highest BCUT2D eigenvalue weighted by Gasteiger charge is 2.34. The lowest BCUT2D eigenvalue weighted by molar-refractivity contribution is 0.188. The van der Waals surface area contributed by atoms with Crippen LogP contribution in [0, 0.1) is 5.82 Å². The zero-order valence-corrected chi connectivity index (χ0v) is 10.0. The van der Waals surface area contributed by atoms with Crippen molar-refractivity contribution in [2.45, 2.75) is 37.9 Å². The van der Waals surface area contributed by atoms with E-state index >= 15 is 0 Å². The molecule has 1 aliphatic carbocycles. The second-order valence-electron chi connectivity index (χ2n) is 5.18.